The molecule has 0 radical (unpaired) electrons. The van der Waals surface area contributed by atoms with Gasteiger partial charge in [-0.3, -0.25) is 4.90 Å². The molecule has 9 heteroatoms. The molecule has 2 atom stereocenters. The zero-order valence-corrected chi connectivity index (χ0v) is 17.2. The third-order valence-corrected chi connectivity index (χ3v) is 5.75. The van der Waals surface area contributed by atoms with E-state index in [2.05, 4.69) is 25.4 Å². The number of rotatable bonds is 5. The van der Waals surface area contributed by atoms with Gasteiger partial charge in [0.2, 0.25) is 5.89 Å². The Morgan fingerprint density at radius 1 is 1.07 bits per heavy atom. The summed E-state index contributed by atoms with van der Waals surface area (Å²) in [6, 6.07) is 9.93. The molecule has 5 heterocycles. The number of nitrogens with one attached hydrogen (secondary N) is 1. The largest absolute Gasteiger partial charge is 0.418 e. The van der Waals surface area contributed by atoms with Gasteiger partial charge in [0.1, 0.15) is 11.5 Å². The first kappa shape index (κ1) is 19.2. The Hall–Kier alpha value is -2.75. The number of nitrogens with zero attached hydrogens (tertiary/aromatic N) is 5. The molecule has 0 bridgehead atoms. The lowest BCUT2D eigenvalue weighted by atomic mass is 10.3. The predicted molar refractivity (Wildman–Crippen MR) is 110 cm³/mol. The molecule has 1 N–H and O–H groups in total. The number of pyridine rings is 1. The standard InChI is InChI=1S/C21H26N6O3/c1-14-6-7-16(26(14)2)21-25-24-20(30-21)11-27-9-17-18(10-27)29-13-15(12-28-17)23-19-5-3-4-8-22-19/h3-8,15,17-18H,9-13H2,1-2H3,(H,22,23)/t17-,18-/m0/s1. The second-order valence-electron chi connectivity index (χ2n) is 7.91. The molecule has 3 aromatic heterocycles. The fourth-order valence-corrected chi connectivity index (χ4v) is 3.98. The van der Waals surface area contributed by atoms with Crippen LogP contribution in [0.1, 0.15) is 11.6 Å². The highest BCUT2D eigenvalue weighted by Gasteiger charge is 2.38. The van der Waals surface area contributed by atoms with Crippen molar-refractivity contribution in [3.63, 3.8) is 0 Å². The molecule has 0 unspecified atom stereocenters. The van der Waals surface area contributed by atoms with Crippen molar-refractivity contribution in [2.45, 2.75) is 31.7 Å². The summed E-state index contributed by atoms with van der Waals surface area (Å²) >= 11 is 0. The Morgan fingerprint density at radius 2 is 1.87 bits per heavy atom. The number of fused-ring (bicyclic) bond motifs is 1. The van der Waals surface area contributed by atoms with Crippen molar-refractivity contribution in [1.29, 1.82) is 0 Å². The van der Waals surface area contributed by atoms with Gasteiger partial charge >= 0.3 is 0 Å². The summed E-state index contributed by atoms with van der Waals surface area (Å²) in [7, 11) is 1.99. The van der Waals surface area contributed by atoms with Crippen LogP contribution in [0.15, 0.2) is 40.9 Å². The molecule has 2 aliphatic heterocycles. The molecule has 30 heavy (non-hydrogen) atoms. The minimum atomic E-state index is 0.0402. The minimum Gasteiger partial charge on any atom is -0.418 e. The molecule has 0 amide bonds. The highest BCUT2D eigenvalue weighted by molar-refractivity contribution is 5.48. The van der Waals surface area contributed by atoms with Crippen LogP contribution in [0.2, 0.25) is 0 Å². The van der Waals surface area contributed by atoms with E-state index in [9.17, 15) is 0 Å². The summed E-state index contributed by atoms with van der Waals surface area (Å²) in [5.41, 5.74) is 2.07. The second-order valence-corrected chi connectivity index (χ2v) is 7.91. The van der Waals surface area contributed by atoms with Crippen LogP contribution in [-0.4, -0.2) is 69.2 Å². The van der Waals surface area contributed by atoms with Crippen molar-refractivity contribution in [3.8, 4) is 11.6 Å². The fraction of sp³-hybridized carbons (Fsp3) is 0.476. The summed E-state index contributed by atoms with van der Waals surface area (Å²) in [6.07, 6.45) is 1.85. The van der Waals surface area contributed by atoms with E-state index in [4.69, 9.17) is 13.9 Å². The zero-order chi connectivity index (χ0) is 20.5. The van der Waals surface area contributed by atoms with Crippen LogP contribution >= 0.6 is 0 Å². The van der Waals surface area contributed by atoms with E-state index >= 15 is 0 Å². The molecule has 9 nitrogen and oxygen atoms in total. The smallest absolute Gasteiger partial charge is 0.264 e. The molecular weight excluding hydrogens is 384 g/mol. The lowest BCUT2D eigenvalue weighted by Crippen LogP contribution is -2.31. The number of ether oxygens (including phenoxy) is 2. The average molecular weight is 410 g/mol. The number of aryl methyl sites for hydroxylation is 1. The quantitative estimate of drug-likeness (QED) is 0.682. The van der Waals surface area contributed by atoms with Crippen LogP contribution in [0, 0.1) is 6.92 Å². The monoisotopic (exact) mass is 410 g/mol. The van der Waals surface area contributed by atoms with Crippen LogP contribution in [0.25, 0.3) is 11.6 Å². The van der Waals surface area contributed by atoms with E-state index in [1.54, 1.807) is 6.20 Å². The van der Waals surface area contributed by atoms with E-state index < -0.39 is 0 Å². The maximum Gasteiger partial charge on any atom is 0.264 e. The van der Waals surface area contributed by atoms with Crippen molar-refractivity contribution in [2.24, 2.45) is 7.05 Å². The first-order chi connectivity index (χ1) is 14.7. The lowest BCUT2D eigenvalue weighted by molar-refractivity contribution is -0.00461. The van der Waals surface area contributed by atoms with E-state index in [0.717, 1.165) is 30.3 Å². The molecule has 5 rings (SSSR count). The van der Waals surface area contributed by atoms with Gasteiger partial charge in [-0.1, -0.05) is 6.07 Å². The van der Waals surface area contributed by atoms with Crippen LogP contribution < -0.4 is 5.32 Å². The summed E-state index contributed by atoms with van der Waals surface area (Å²) in [6.45, 7) is 5.37. The third-order valence-electron chi connectivity index (χ3n) is 5.75. The Balaban J connectivity index is 1.16. The van der Waals surface area contributed by atoms with E-state index in [0.29, 0.717) is 31.5 Å². The Labute approximate surface area is 175 Å². The first-order valence-corrected chi connectivity index (χ1v) is 10.2. The number of hydrogen-bond donors (Lipinski definition) is 1. The van der Waals surface area contributed by atoms with Crippen LogP contribution in [-0.2, 0) is 23.1 Å². The van der Waals surface area contributed by atoms with Gasteiger partial charge in [-0.25, -0.2) is 4.98 Å². The van der Waals surface area contributed by atoms with Gasteiger partial charge in [0.15, 0.2) is 0 Å². The molecule has 2 aliphatic rings. The molecule has 158 valence electrons. The summed E-state index contributed by atoms with van der Waals surface area (Å²) in [4.78, 5) is 6.56. The maximum atomic E-state index is 6.15. The number of aromatic nitrogens is 4. The fourth-order valence-electron chi connectivity index (χ4n) is 3.98. The van der Waals surface area contributed by atoms with Crippen molar-refractivity contribution < 1.29 is 13.9 Å². The first-order valence-electron chi connectivity index (χ1n) is 10.2. The number of hydrogen-bond acceptors (Lipinski definition) is 8. The third kappa shape index (κ3) is 3.96. The van der Waals surface area contributed by atoms with Gasteiger partial charge in [0, 0.05) is 32.0 Å². The summed E-state index contributed by atoms with van der Waals surface area (Å²) < 4.78 is 20.2. The average Bonchev–Trinajstić information content (AvgIpc) is 3.42. The maximum absolute atomic E-state index is 6.15. The molecule has 0 saturated carbocycles. The Bertz CT molecular complexity index is 972. The van der Waals surface area contributed by atoms with Crippen LogP contribution in [0.5, 0.6) is 0 Å². The molecule has 3 aromatic rings. The van der Waals surface area contributed by atoms with Crippen LogP contribution in [0.3, 0.4) is 0 Å². The van der Waals surface area contributed by atoms with Gasteiger partial charge in [-0.05, 0) is 31.2 Å². The second kappa shape index (κ2) is 8.17. The molecule has 0 aliphatic carbocycles. The van der Waals surface area contributed by atoms with Gasteiger partial charge in [0.25, 0.3) is 5.89 Å². The van der Waals surface area contributed by atoms with Crippen LogP contribution in [0.4, 0.5) is 5.82 Å². The minimum absolute atomic E-state index is 0.0402. The highest BCUT2D eigenvalue weighted by Crippen LogP contribution is 2.24. The van der Waals surface area contributed by atoms with E-state index in [-0.39, 0.29) is 18.2 Å². The lowest BCUT2D eigenvalue weighted by Gasteiger charge is -2.18. The Morgan fingerprint density at radius 3 is 2.53 bits per heavy atom. The highest BCUT2D eigenvalue weighted by atomic mass is 16.6. The Kier molecular flexibility index (Phi) is 5.24. The summed E-state index contributed by atoms with van der Waals surface area (Å²) in [5, 5.41) is 11.8. The molecular formula is C21H26N6O3. The normalized spacial score (nSPS) is 22.7. The van der Waals surface area contributed by atoms with E-state index in [1.165, 1.54) is 0 Å². The number of likely N-dealkylation sites (tertiary alicyclic amines) is 1. The SMILES string of the molecule is Cc1ccc(-c2nnc(CN3C[C@@H]4OCC(Nc5ccccn5)CO[C@H]4C3)o2)n1C. The molecule has 2 fully saturated rings. The van der Waals surface area contributed by atoms with Gasteiger partial charge < -0.3 is 23.8 Å². The van der Waals surface area contributed by atoms with Crippen molar-refractivity contribution in [3.05, 3.63) is 48.1 Å². The number of anilines is 1. The van der Waals surface area contributed by atoms with Crippen molar-refractivity contribution in [2.75, 3.05) is 31.6 Å². The van der Waals surface area contributed by atoms with Crippen molar-refractivity contribution >= 4 is 5.82 Å². The molecule has 0 spiro atoms. The molecule has 0 aromatic carbocycles. The van der Waals surface area contributed by atoms with Gasteiger partial charge in [0.05, 0.1) is 38.0 Å². The predicted octanol–water partition coefficient (Wildman–Crippen LogP) is 1.86. The topological polar surface area (TPSA) is 90.5 Å². The van der Waals surface area contributed by atoms with Gasteiger partial charge in [-0.2, -0.15) is 0 Å². The summed E-state index contributed by atoms with van der Waals surface area (Å²) in [5.74, 6) is 1.99. The van der Waals surface area contributed by atoms with E-state index in [1.807, 2.05) is 48.9 Å². The van der Waals surface area contributed by atoms with Crippen molar-refractivity contribution in [1.82, 2.24) is 24.6 Å². The van der Waals surface area contributed by atoms with Gasteiger partial charge in [-0.15, -0.1) is 10.2 Å². The zero-order valence-electron chi connectivity index (χ0n) is 17.2. The molecule has 2 saturated heterocycles.